The van der Waals surface area contributed by atoms with Crippen LogP contribution in [0.3, 0.4) is 0 Å². The van der Waals surface area contributed by atoms with Gasteiger partial charge in [-0.2, -0.15) is 0 Å². The molecule has 0 N–H and O–H groups in total. The normalized spacial score (nSPS) is 13.8. The molecule has 0 saturated carbocycles. The molecule has 8 nitrogen and oxygen atoms in total. The van der Waals surface area contributed by atoms with Gasteiger partial charge in [0.1, 0.15) is 17.2 Å². The van der Waals surface area contributed by atoms with Gasteiger partial charge in [0.05, 0.1) is 23.8 Å². The zero-order valence-electron chi connectivity index (χ0n) is 19.3. The van der Waals surface area contributed by atoms with Gasteiger partial charge in [-0.3, -0.25) is 4.98 Å². The largest absolute Gasteiger partial charge is 0.462 e. The minimum Gasteiger partial charge on any atom is -0.462 e. The third-order valence-electron chi connectivity index (χ3n) is 5.88. The van der Waals surface area contributed by atoms with Crippen LogP contribution in [0.5, 0.6) is 0 Å². The summed E-state index contributed by atoms with van der Waals surface area (Å²) < 4.78 is 5.28. The van der Waals surface area contributed by atoms with Crippen molar-refractivity contribution in [1.82, 2.24) is 19.9 Å². The summed E-state index contributed by atoms with van der Waals surface area (Å²) in [7, 11) is 0. The van der Waals surface area contributed by atoms with Gasteiger partial charge in [0, 0.05) is 37.9 Å². The summed E-state index contributed by atoms with van der Waals surface area (Å²) in [5.74, 6) is 1.65. The van der Waals surface area contributed by atoms with Crippen molar-refractivity contribution < 1.29 is 9.53 Å². The number of hydrogen-bond acceptors (Lipinski definition) is 8. The molecule has 1 aliphatic rings. The average Bonchev–Trinajstić information content (AvgIpc) is 2.88. The molecule has 1 aliphatic heterocycles. The van der Waals surface area contributed by atoms with E-state index in [-0.39, 0.29) is 0 Å². The number of esters is 1. The number of carbonyl (C=O) groups excluding carboxylic acids is 1. The monoisotopic (exact) mass is 454 g/mol. The molecule has 1 fully saturated rings. The van der Waals surface area contributed by atoms with Crippen LogP contribution in [0.2, 0.25) is 0 Å². The lowest BCUT2D eigenvalue weighted by Gasteiger charge is -2.36. The molecule has 2 aromatic carbocycles. The second kappa shape index (κ2) is 9.43. The predicted octanol–water partition coefficient (Wildman–Crippen LogP) is 3.90. The highest BCUT2D eigenvalue weighted by Gasteiger charge is 2.25. The SMILES string of the molecule is CCOC(=O)c1cnc(-c2cccc(C)c2)nc1N1CCN(c2cnc3ccccc3n2)CC1. The number of benzene rings is 2. The molecule has 0 aliphatic carbocycles. The van der Waals surface area contributed by atoms with Crippen LogP contribution in [0.4, 0.5) is 11.6 Å². The van der Waals surface area contributed by atoms with Gasteiger partial charge in [0.2, 0.25) is 0 Å². The summed E-state index contributed by atoms with van der Waals surface area (Å²) in [6.45, 7) is 6.97. The van der Waals surface area contributed by atoms with Crippen molar-refractivity contribution in [3.63, 3.8) is 0 Å². The fraction of sp³-hybridized carbons (Fsp3) is 0.269. The maximum absolute atomic E-state index is 12.7. The highest BCUT2D eigenvalue weighted by Crippen LogP contribution is 2.26. The van der Waals surface area contributed by atoms with E-state index in [2.05, 4.69) is 19.8 Å². The van der Waals surface area contributed by atoms with Gasteiger partial charge in [0.15, 0.2) is 5.82 Å². The Morgan fingerprint density at radius 2 is 1.68 bits per heavy atom. The van der Waals surface area contributed by atoms with Crippen LogP contribution in [0.15, 0.2) is 60.9 Å². The van der Waals surface area contributed by atoms with E-state index >= 15 is 0 Å². The molecule has 8 heteroatoms. The first-order chi connectivity index (χ1) is 16.6. The Morgan fingerprint density at radius 1 is 0.912 bits per heavy atom. The number of aromatic nitrogens is 4. The Morgan fingerprint density at radius 3 is 2.44 bits per heavy atom. The fourth-order valence-corrected chi connectivity index (χ4v) is 4.14. The molecule has 0 atom stereocenters. The number of fused-ring (bicyclic) bond motifs is 1. The van der Waals surface area contributed by atoms with Crippen molar-refractivity contribution in [3.8, 4) is 11.4 Å². The van der Waals surface area contributed by atoms with Gasteiger partial charge in [-0.1, -0.05) is 35.9 Å². The van der Waals surface area contributed by atoms with Gasteiger partial charge in [0.25, 0.3) is 0 Å². The van der Waals surface area contributed by atoms with Crippen molar-refractivity contribution in [2.45, 2.75) is 13.8 Å². The van der Waals surface area contributed by atoms with Crippen LogP contribution < -0.4 is 9.80 Å². The Labute approximate surface area is 198 Å². The van der Waals surface area contributed by atoms with Gasteiger partial charge >= 0.3 is 5.97 Å². The fourth-order valence-electron chi connectivity index (χ4n) is 4.14. The predicted molar refractivity (Wildman–Crippen MR) is 132 cm³/mol. The number of hydrogen-bond donors (Lipinski definition) is 0. The molecule has 3 heterocycles. The van der Waals surface area contributed by atoms with Crippen LogP contribution in [0, 0.1) is 6.92 Å². The third kappa shape index (κ3) is 4.39. The zero-order chi connectivity index (χ0) is 23.5. The Balaban J connectivity index is 1.41. The third-order valence-corrected chi connectivity index (χ3v) is 5.88. The highest BCUT2D eigenvalue weighted by molar-refractivity contribution is 5.95. The van der Waals surface area contributed by atoms with E-state index < -0.39 is 5.97 Å². The Kier molecular flexibility index (Phi) is 6.03. The van der Waals surface area contributed by atoms with E-state index in [4.69, 9.17) is 14.7 Å². The second-order valence-corrected chi connectivity index (χ2v) is 8.21. The molecule has 172 valence electrons. The van der Waals surface area contributed by atoms with Crippen molar-refractivity contribution in [1.29, 1.82) is 0 Å². The molecule has 1 saturated heterocycles. The van der Waals surface area contributed by atoms with Crippen LogP contribution in [-0.2, 0) is 4.74 Å². The number of anilines is 2. The first-order valence-electron chi connectivity index (χ1n) is 11.5. The molecular weight excluding hydrogens is 428 g/mol. The summed E-state index contributed by atoms with van der Waals surface area (Å²) in [5, 5.41) is 0. The molecule has 0 amide bonds. The van der Waals surface area contributed by atoms with Gasteiger partial charge in [-0.25, -0.2) is 19.7 Å². The second-order valence-electron chi connectivity index (χ2n) is 8.21. The maximum Gasteiger partial charge on any atom is 0.343 e. The molecule has 2 aromatic heterocycles. The lowest BCUT2D eigenvalue weighted by Crippen LogP contribution is -2.47. The number of nitrogens with zero attached hydrogens (tertiary/aromatic N) is 6. The van der Waals surface area contributed by atoms with Gasteiger partial charge < -0.3 is 14.5 Å². The van der Waals surface area contributed by atoms with E-state index in [0.29, 0.717) is 36.9 Å². The Bertz CT molecular complexity index is 1330. The number of rotatable bonds is 5. The molecule has 34 heavy (non-hydrogen) atoms. The van der Waals surface area contributed by atoms with E-state index in [1.807, 2.05) is 61.7 Å². The average molecular weight is 455 g/mol. The van der Waals surface area contributed by atoms with Crippen molar-refractivity contribution in [3.05, 3.63) is 72.1 Å². The Hall–Kier alpha value is -4.07. The topological polar surface area (TPSA) is 84.3 Å². The summed E-state index contributed by atoms with van der Waals surface area (Å²) in [4.78, 5) is 35.6. The summed E-state index contributed by atoms with van der Waals surface area (Å²) in [6.07, 6.45) is 3.40. The maximum atomic E-state index is 12.7. The summed E-state index contributed by atoms with van der Waals surface area (Å²) in [5.41, 5.74) is 4.19. The standard InChI is InChI=1S/C26H26N6O2/c1-3-34-26(33)20-16-28-24(19-8-6-7-18(2)15-19)30-25(20)32-13-11-31(12-14-32)23-17-27-21-9-4-5-10-22(21)29-23/h4-10,15-17H,3,11-14H2,1-2H3. The number of carbonyl (C=O) groups is 1. The molecular formula is C26H26N6O2. The zero-order valence-corrected chi connectivity index (χ0v) is 19.3. The van der Waals surface area contributed by atoms with Crippen LogP contribution in [0.25, 0.3) is 22.4 Å². The van der Waals surface area contributed by atoms with Crippen LogP contribution in [-0.4, -0.2) is 58.7 Å². The lowest BCUT2D eigenvalue weighted by molar-refractivity contribution is 0.0526. The summed E-state index contributed by atoms with van der Waals surface area (Å²) in [6, 6.07) is 15.9. The first kappa shape index (κ1) is 21.8. The number of piperazine rings is 1. The quantitative estimate of drug-likeness (QED) is 0.420. The van der Waals surface area contributed by atoms with Crippen molar-refractivity contribution in [2.75, 3.05) is 42.6 Å². The molecule has 4 aromatic rings. The minimum absolute atomic E-state index is 0.298. The van der Waals surface area contributed by atoms with Crippen LogP contribution >= 0.6 is 0 Å². The molecule has 0 spiro atoms. The smallest absolute Gasteiger partial charge is 0.343 e. The van der Waals surface area contributed by atoms with Gasteiger partial charge in [-0.05, 0) is 32.0 Å². The molecule has 0 bridgehead atoms. The number of para-hydroxylation sites is 2. The molecule has 5 rings (SSSR count). The van der Waals surface area contributed by atoms with E-state index in [0.717, 1.165) is 41.1 Å². The molecule has 0 radical (unpaired) electrons. The number of aryl methyl sites for hydroxylation is 1. The summed E-state index contributed by atoms with van der Waals surface area (Å²) >= 11 is 0. The van der Waals surface area contributed by atoms with Crippen LogP contribution in [0.1, 0.15) is 22.8 Å². The lowest BCUT2D eigenvalue weighted by atomic mass is 10.1. The van der Waals surface area contributed by atoms with Gasteiger partial charge in [-0.15, -0.1) is 0 Å². The minimum atomic E-state index is -0.406. The van der Waals surface area contributed by atoms with E-state index in [9.17, 15) is 4.79 Å². The van der Waals surface area contributed by atoms with E-state index in [1.54, 1.807) is 13.1 Å². The van der Waals surface area contributed by atoms with E-state index in [1.165, 1.54) is 0 Å². The van der Waals surface area contributed by atoms with Crippen molar-refractivity contribution >= 4 is 28.6 Å². The number of ether oxygens (including phenoxy) is 1. The first-order valence-corrected chi connectivity index (χ1v) is 11.5. The van der Waals surface area contributed by atoms with Crippen molar-refractivity contribution in [2.24, 2.45) is 0 Å². The highest BCUT2D eigenvalue weighted by atomic mass is 16.5. The molecule has 0 unspecified atom stereocenters.